The molecular formula is C23H27Cl3N2O2. The molecule has 0 saturated carbocycles. The molecule has 0 radical (unpaired) electrons. The van der Waals surface area contributed by atoms with Crippen LogP contribution in [0, 0.1) is 0 Å². The molecule has 0 heterocycles. The van der Waals surface area contributed by atoms with E-state index in [4.69, 9.17) is 34.8 Å². The number of unbranched alkanes of at least 4 members (excludes halogenated alkanes) is 1. The maximum Gasteiger partial charge on any atom is 0.242 e. The van der Waals surface area contributed by atoms with Crippen LogP contribution in [-0.2, 0) is 22.6 Å². The zero-order chi connectivity index (χ0) is 22.1. The van der Waals surface area contributed by atoms with Crippen molar-refractivity contribution in [1.29, 1.82) is 0 Å². The van der Waals surface area contributed by atoms with E-state index in [0.717, 1.165) is 24.0 Å². The van der Waals surface area contributed by atoms with E-state index in [1.807, 2.05) is 25.1 Å². The van der Waals surface area contributed by atoms with Gasteiger partial charge in [-0.1, -0.05) is 79.3 Å². The molecule has 162 valence electrons. The largest absolute Gasteiger partial charge is 0.354 e. The second kappa shape index (κ2) is 12.2. The number of carbonyl (C=O) groups is 2. The van der Waals surface area contributed by atoms with Crippen molar-refractivity contribution in [3.63, 3.8) is 0 Å². The molecule has 1 atom stereocenters. The van der Waals surface area contributed by atoms with Crippen molar-refractivity contribution in [3.8, 4) is 0 Å². The monoisotopic (exact) mass is 468 g/mol. The number of rotatable bonds is 10. The van der Waals surface area contributed by atoms with Crippen molar-refractivity contribution < 1.29 is 9.59 Å². The summed E-state index contributed by atoms with van der Waals surface area (Å²) in [7, 11) is 0. The van der Waals surface area contributed by atoms with Crippen molar-refractivity contribution in [1.82, 2.24) is 10.2 Å². The van der Waals surface area contributed by atoms with Crippen LogP contribution in [0.5, 0.6) is 0 Å². The molecule has 7 heteroatoms. The molecule has 0 bridgehead atoms. The number of hydrogen-bond donors (Lipinski definition) is 1. The number of carbonyl (C=O) groups excluding carboxylic acids is 2. The summed E-state index contributed by atoms with van der Waals surface area (Å²) < 4.78 is 0. The molecule has 0 aliphatic heterocycles. The summed E-state index contributed by atoms with van der Waals surface area (Å²) in [4.78, 5) is 27.7. The molecule has 0 aliphatic rings. The highest BCUT2D eigenvalue weighted by Gasteiger charge is 2.29. The van der Waals surface area contributed by atoms with E-state index in [-0.39, 0.29) is 24.8 Å². The summed E-state index contributed by atoms with van der Waals surface area (Å²) >= 11 is 18.4. The van der Waals surface area contributed by atoms with Gasteiger partial charge in [-0.25, -0.2) is 0 Å². The Morgan fingerprint density at radius 2 is 1.73 bits per heavy atom. The van der Waals surface area contributed by atoms with Crippen molar-refractivity contribution >= 4 is 46.6 Å². The topological polar surface area (TPSA) is 49.4 Å². The van der Waals surface area contributed by atoms with Crippen molar-refractivity contribution in [2.45, 2.75) is 52.1 Å². The van der Waals surface area contributed by atoms with E-state index >= 15 is 0 Å². The van der Waals surface area contributed by atoms with Gasteiger partial charge in [0.2, 0.25) is 11.8 Å². The van der Waals surface area contributed by atoms with E-state index in [2.05, 4.69) is 12.2 Å². The molecule has 2 aromatic rings. The standard InChI is InChI=1S/C23H27Cl3N2O2/c1-3-5-12-27-23(30)21(4-2)28(15-17-8-6-7-9-18(17)24)22(29)14-16-10-11-19(25)20(26)13-16/h6-11,13,21H,3-5,12,14-15H2,1-2H3,(H,27,30). The normalized spacial score (nSPS) is 11.8. The molecule has 1 N–H and O–H groups in total. The minimum Gasteiger partial charge on any atom is -0.354 e. The van der Waals surface area contributed by atoms with Gasteiger partial charge in [0, 0.05) is 18.1 Å². The summed E-state index contributed by atoms with van der Waals surface area (Å²) in [5.41, 5.74) is 1.53. The molecule has 2 aromatic carbocycles. The van der Waals surface area contributed by atoms with Gasteiger partial charge in [0.15, 0.2) is 0 Å². The zero-order valence-electron chi connectivity index (χ0n) is 17.3. The van der Waals surface area contributed by atoms with Gasteiger partial charge in [-0.05, 0) is 42.2 Å². The molecule has 0 aromatic heterocycles. The van der Waals surface area contributed by atoms with Crippen LogP contribution in [0.25, 0.3) is 0 Å². The number of amides is 2. The summed E-state index contributed by atoms with van der Waals surface area (Å²) in [5.74, 6) is -0.328. The van der Waals surface area contributed by atoms with E-state index in [0.29, 0.717) is 28.0 Å². The fourth-order valence-corrected chi connectivity index (χ4v) is 3.68. The molecule has 30 heavy (non-hydrogen) atoms. The Hall–Kier alpha value is -1.75. The summed E-state index contributed by atoms with van der Waals surface area (Å²) in [6.07, 6.45) is 2.48. The van der Waals surface area contributed by atoms with Gasteiger partial charge in [-0.3, -0.25) is 9.59 Å². The predicted octanol–water partition coefficient (Wildman–Crippen LogP) is 5.91. The van der Waals surface area contributed by atoms with Gasteiger partial charge >= 0.3 is 0 Å². The third kappa shape index (κ3) is 6.90. The smallest absolute Gasteiger partial charge is 0.242 e. The first-order chi connectivity index (χ1) is 14.4. The number of nitrogens with zero attached hydrogens (tertiary/aromatic N) is 1. The number of hydrogen-bond acceptors (Lipinski definition) is 2. The highest BCUT2D eigenvalue weighted by atomic mass is 35.5. The van der Waals surface area contributed by atoms with Gasteiger partial charge in [0.1, 0.15) is 6.04 Å². The second-order valence-electron chi connectivity index (χ2n) is 7.11. The lowest BCUT2D eigenvalue weighted by molar-refractivity contribution is -0.140. The Morgan fingerprint density at radius 3 is 2.37 bits per heavy atom. The Labute approximate surface area is 193 Å². The number of nitrogens with one attached hydrogen (secondary N) is 1. The van der Waals surface area contributed by atoms with Gasteiger partial charge in [-0.15, -0.1) is 0 Å². The van der Waals surface area contributed by atoms with Gasteiger partial charge in [0.25, 0.3) is 0 Å². The van der Waals surface area contributed by atoms with Crippen LogP contribution in [0.2, 0.25) is 15.1 Å². The molecule has 0 fully saturated rings. The fourth-order valence-electron chi connectivity index (χ4n) is 3.16. The molecule has 2 amide bonds. The van der Waals surface area contributed by atoms with Crippen LogP contribution >= 0.6 is 34.8 Å². The van der Waals surface area contributed by atoms with E-state index in [9.17, 15) is 9.59 Å². The second-order valence-corrected chi connectivity index (χ2v) is 8.33. The Bertz CT molecular complexity index is 873. The molecule has 0 spiro atoms. The van der Waals surface area contributed by atoms with E-state index in [1.54, 1.807) is 29.2 Å². The lowest BCUT2D eigenvalue weighted by Crippen LogP contribution is -2.49. The van der Waals surface area contributed by atoms with Gasteiger partial charge < -0.3 is 10.2 Å². The van der Waals surface area contributed by atoms with E-state index < -0.39 is 6.04 Å². The molecule has 2 rings (SSSR count). The highest BCUT2D eigenvalue weighted by Crippen LogP contribution is 2.24. The molecule has 4 nitrogen and oxygen atoms in total. The number of benzene rings is 2. The molecule has 0 aliphatic carbocycles. The zero-order valence-corrected chi connectivity index (χ0v) is 19.5. The highest BCUT2D eigenvalue weighted by molar-refractivity contribution is 6.42. The Balaban J connectivity index is 2.28. The third-order valence-corrected chi connectivity index (χ3v) is 5.96. The van der Waals surface area contributed by atoms with Crippen molar-refractivity contribution in [2.75, 3.05) is 6.54 Å². The van der Waals surface area contributed by atoms with Gasteiger partial charge in [-0.2, -0.15) is 0 Å². The summed E-state index contributed by atoms with van der Waals surface area (Å²) in [5, 5.41) is 4.33. The minimum absolute atomic E-state index is 0.111. The fraction of sp³-hybridized carbons (Fsp3) is 0.391. The summed E-state index contributed by atoms with van der Waals surface area (Å²) in [6, 6.07) is 11.9. The van der Waals surface area contributed by atoms with Crippen LogP contribution in [-0.4, -0.2) is 29.3 Å². The average molecular weight is 470 g/mol. The minimum atomic E-state index is -0.589. The maximum atomic E-state index is 13.3. The molecule has 1 unspecified atom stereocenters. The van der Waals surface area contributed by atoms with E-state index in [1.165, 1.54) is 0 Å². The first-order valence-electron chi connectivity index (χ1n) is 10.1. The Kier molecular flexibility index (Phi) is 9.96. The quantitative estimate of drug-likeness (QED) is 0.440. The van der Waals surface area contributed by atoms with Crippen LogP contribution < -0.4 is 5.32 Å². The van der Waals surface area contributed by atoms with Crippen LogP contribution in [0.4, 0.5) is 0 Å². The summed E-state index contributed by atoms with van der Waals surface area (Å²) in [6.45, 7) is 4.80. The van der Waals surface area contributed by atoms with Crippen molar-refractivity contribution in [2.24, 2.45) is 0 Å². The first kappa shape index (κ1) is 24.5. The predicted molar refractivity (Wildman–Crippen MR) is 124 cm³/mol. The van der Waals surface area contributed by atoms with Crippen LogP contribution in [0.1, 0.15) is 44.2 Å². The van der Waals surface area contributed by atoms with Crippen LogP contribution in [0.15, 0.2) is 42.5 Å². The average Bonchev–Trinajstić information content (AvgIpc) is 2.72. The SMILES string of the molecule is CCCCNC(=O)C(CC)N(Cc1ccccc1Cl)C(=O)Cc1ccc(Cl)c(Cl)c1. The van der Waals surface area contributed by atoms with Crippen LogP contribution in [0.3, 0.4) is 0 Å². The third-order valence-electron chi connectivity index (χ3n) is 4.85. The molecular weight excluding hydrogens is 443 g/mol. The first-order valence-corrected chi connectivity index (χ1v) is 11.2. The van der Waals surface area contributed by atoms with Crippen molar-refractivity contribution in [3.05, 3.63) is 68.7 Å². The molecule has 0 saturated heterocycles. The lowest BCUT2D eigenvalue weighted by atomic mass is 10.1. The lowest BCUT2D eigenvalue weighted by Gasteiger charge is -2.31. The Morgan fingerprint density at radius 1 is 1.00 bits per heavy atom. The van der Waals surface area contributed by atoms with Gasteiger partial charge in [0.05, 0.1) is 16.5 Å². The maximum absolute atomic E-state index is 13.3. The number of halogens is 3.